The summed E-state index contributed by atoms with van der Waals surface area (Å²) in [5, 5.41) is 10.5. The van der Waals surface area contributed by atoms with Crippen LogP contribution in [0.4, 0.5) is 0 Å². The molecule has 1 saturated heterocycles. The molecule has 1 aliphatic heterocycles. The maximum absolute atomic E-state index is 12.7. The number of thiophene rings is 1. The lowest BCUT2D eigenvalue weighted by atomic mass is 10.1. The molecule has 0 aromatic carbocycles. The molecule has 0 bridgehead atoms. The Morgan fingerprint density at radius 1 is 1.39 bits per heavy atom. The maximum atomic E-state index is 12.7. The van der Waals surface area contributed by atoms with Gasteiger partial charge in [0.15, 0.2) is 0 Å². The number of fused-ring (bicyclic) bond motifs is 1. The van der Waals surface area contributed by atoms with Gasteiger partial charge < -0.3 is 15.0 Å². The SMILES string of the molecule is O=C(c1ccc(-c2ccnc3[nH]ccc23)s1)N1CCC[C@@H]1CO. The van der Waals surface area contributed by atoms with Gasteiger partial charge in [0.05, 0.1) is 17.5 Å². The van der Waals surface area contributed by atoms with E-state index in [1.807, 2.05) is 30.5 Å². The van der Waals surface area contributed by atoms with E-state index in [-0.39, 0.29) is 18.6 Å². The summed E-state index contributed by atoms with van der Waals surface area (Å²) in [6.07, 6.45) is 5.49. The first-order valence-corrected chi connectivity index (χ1v) is 8.53. The van der Waals surface area contributed by atoms with E-state index in [0.29, 0.717) is 0 Å². The Morgan fingerprint density at radius 3 is 3.17 bits per heavy atom. The number of pyridine rings is 1. The molecule has 4 rings (SSSR count). The molecule has 1 atom stereocenters. The lowest BCUT2D eigenvalue weighted by Crippen LogP contribution is -2.37. The third-order valence-electron chi connectivity index (χ3n) is 4.39. The molecule has 1 fully saturated rings. The molecule has 0 spiro atoms. The molecule has 3 aromatic rings. The molecule has 4 heterocycles. The van der Waals surface area contributed by atoms with Crippen LogP contribution in [-0.2, 0) is 0 Å². The van der Waals surface area contributed by atoms with Gasteiger partial charge in [0.1, 0.15) is 5.65 Å². The predicted octanol–water partition coefficient (Wildman–Crippen LogP) is 2.89. The van der Waals surface area contributed by atoms with Crippen molar-refractivity contribution in [2.75, 3.05) is 13.2 Å². The third-order valence-corrected chi connectivity index (χ3v) is 5.50. The van der Waals surface area contributed by atoms with Crippen LogP contribution in [0.5, 0.6) is 0 Å². The van der Waals surface area contributed by atoms with Crippen LogP contribution >= 0.6 is 11.3 Å². The minimum Gasteiger partial charge on any atom is -0.394 e. The monoisotopic (exact) mass is 327 g/mol. The van der Waals surface area contributed by atoms with Gasteiger partial charge in [-0.05, 0) is 37.1 Å². The highest BCUT2D eigenvalue weighted by Gasteiger charge is 2.29. The second-order valence-electron chi connectivity index (χ2n) is 5.74. The van der Waals surface area contributed by atoms with Crippen LogP contribution in [0.25, 0.3) is 21.5 Å². The van der Waals surface area contributed by atoms with E-state index in [2.05, 4.69) is 9.97 Å². The number of nitrogens with zero attached hydrogens (tertiary/aromatic N) is 2. The van der Waals surface area contributed by atoms with Crippen molar-refractivity contribution in [1.82, 2.24) is 14.9 Å². The van der Waals surface area contributed by atoms with Crippen LogP contribution in [0.2, 0.25) is 0 Å². The summed E-state index contributed by atoms with van der Waals surface area (Å²) in [5.41, 5.74) is 1.93. The topological polar surface area (TPSA) is 69.2 Å². The predicted molar refractivity (Wildman–Crippen MR) is 90.6 cm³/mol. The zero-order chi connectivity index (χ0) is 15.8. The third kappa shape index (κ3) is 2.44. The van der Waals surface area contributed by atoms with Crippen LogP contribution in [0.15, 0.2) is 36.7 Å². The van der Waals surface area contributed by atoms with Gasteiger partial charge >= 0.3 is 0 Å². The van der Waals surface area contributed by atoms with Gasteiger partial charge in [-0.1, -0.05) is 0 Å². The Hall–Kier alpha value is -2.18. The lowest BCUT2D eigenvalue weighted by molar-refractivity contribution is 0.0682. The molecule has 5 nitrogen and oxygen atoms in total. The van der Waals surface area contributed by atoms with Gasteiger partial charge in [0.25, 0.3) is 5.91 Å². The van der Waals surface area contributed by atoms with Gasteiger partial charge in [-0.3, -0.25) is 4.79 Å². The Labute approximate surface area is 137 Å². The zero-order valence-corrected chi connectivity index (χ0v) is 13.3. The smallest absolute Gasteiger partial charge is 0.264 e. The van der Waals surface area contributed by atoms with Crippen molar-refractivity contribution < 1.29 is 9.90 Å². The Balaban J connectivity index is 1.67. The van der Waals surface area contributed by atoms with Crippen LogP contribution in [0.3, 0.4) is 0 Å². The molecular weight excluding hydrogens is 310 g/mol. The van der Waals surface area contributed by atoms with Gasteiger partial charge in [0, 0.05) is 34.8 Å². The van der Waals surface area contributed by atoms with Crippen molar-refractivity contribution in [1.29, 1.82) is 0 Å². The average molecular weight is 327 g/mol. The Morgan fingerprint density at radius 2 is 2.30 bits per heavy atom. The first-order valence-electron chi connectivity index (χ1n) is 7.72. The summed E-state index contributed by atoms with van der Waals surface area (Å²) in [6, 6.07) is 7.81. The number of aromatic amines is 1. The number of hydrogen-bond donors (Lipinski definition) is 2. The Bertz CT molecular complexity index is 854. The fourth-order valence-corrected chi connectivity index (χ4v) is 4.21. The van der Waals surface area contributed by atoms with Gasteiger partial charge in [-0.15, -0.1) is 11.3 Å². The van der Waals surface area contributed by atoms with Gasteiger partial charge in [-0.25, -0.2) is 4.98 Å². The number of H-pyrrole nitrogens is 1. The molecule has 0 saturated carbocycles. The van der Waals surface area contributed by atoms with E-state index in [9.17, 15) is 9.90 Å². The largest absolute Gasteiger partial charge is 0.394 e. The summed E-state index contributed by atoms with van der Waals surface area (Å²) < 4.78 is 0. The van der Waals surface area contributed by atoms with Crippen LogP contribution in [-0.4, -0.2) is 45.1 Å². The molecule has 6 heteroatoms. The van der Waals surface area contributed by atoms with Gasteiger partial charge in [-0.2, -0.15) is 0 Å². The van der Waals surface area contributed by atoms with E-state index in [4.69, 9.17) is 0 Å². The number of carbonyl (C=O) groups is 1. The first-order chi connectivity index (χ1) is 11.3. The highest BCUT2D eigenvalue weighted by atomic mass is 32.1. The standard InChI is InChI=1S/C17H17N3O2S/c21-10-11-2-1-9-20(11)17(22)15-4-3-14(23-15)12-5-7-18-16-13(12)6-8-19-16/h3-8,11,21H,1-2,9-10H2,(H,18,19)/t11-/m1/s1. The second-order valence-corrected chi connectivity index (χ2v) is 6.82. The summed E-state index contributed by atoms with van der Waals surface area (Å²) in [4.78, 5) is 23.7. The number of aliphatic hydroxyl groups is 1. The second kappa shape index (κ2) is 5.79. The number of aromatic nitrogens is 2. The quantitative estimate of drug-likeness (QED) is 0.777. The normalized spacial score (nSPS) is 18.0. The highest BCUT2D eigenvalue weighted by Crippen LogP contribution is 2.34. The molecule has 0 radical (unpaired) electrons. The molecule has 1 aliphatic rings. The molecule has 1 amide bonds. The summed E-state index contributed by atoms with van der Waals surface area (Å²) in [7, 11) is 0. The summed E-state index contributed by atoms with van der Waals surface area (Å²) >= 11 is 1.50. The van der Waals surface area contributed by atoms with E-state index in [0.717, 1.165) is 45.7 Å². The number of rotatable bonds is 3. The van der Waals surface area contributed by atoms with Gasteiger partial charge in [0.2, 0.25) is 0 Å². The van der Waals surface area contributed by atoms with Crippen molar-refractivity contribution in [3.05, 3.63) is 41.5 Å². The highest BCUT2D eigenvalue weighted by molar-refractivity contribution is 7.17. The number of carbonyl (C=O) groups excluding carboxylic acids is 1. The molecule has 0 unspecified atom stereocenters. The minimum atomic E-state index is -0.0367. The number of likely N-dealkylation sites (tertiary alicyclic amines) is 1. The van der Waals surface area contributed by atoms with E-state index >= 15 is 0 Å². The summed E-state index contributed by atoms with van der Waals surface area (Å²) in [5.74, 6) is 0.0252. The van der Waals surface area contributed by atoms with Crippen molar-refractivity contribution >= 4 is 28.3 Å². The average Bonchev–Trinajstić information content (AvgIpc) is 3.32. The van der Waals surface area contributed by atoms with Crippen molar-refractivity contribution in [2.45, 2.75) is 18.9 Å². The molecular formula is C17H17N3O2S. The number of hydrogen-bond acceptors (Lipinski definition) is 4. The van der Waals surface area contributed by atoms with E-state index in [1.54, 1.807) is 11.1 Å². The van der Waals surface area contributed by atoms with E-state index in [1.165, 1.54) is 11.3 Å². The first kappa shape index (κ1) is 14.4. The fraction of sp³-hybridized carbons (Fsp3) is 0.294. The van der Waals surface area contributed by atoms with Crippen LogP contribution < -0.4 is 0 Å². The molecule has 2 N–H and O–H groups in total. The van der Waals surface area contributed by atoms with Crippen molar-refractivity contribution in [3.8, 4) is 10.4 Å². The number of nitrogens with one attached hydrogen (secondary N) is 1. The molecule has 23 heavy (non-hydrogen) atoms. The number of aliphatic hydroxyl groups excluding tert-OH is 1. The lowest BCUT2D eigenvalue weighted by Gasteiger charge is -2.22. The Kier molecular flexibility index (Phi) is 3.63. The number of amides is 1. The van der Waals surface area contributed by atoms with Crippen LogP contribution in [0, 0.1) is 0 Å². The fourth-order valence-electron chi connectivity index (χ4n) is 3.21. The van der Waals surface area contributed by atoms with Crippen LogP contribution in [0.1, 0.15) is 22.5 Å². The zero-order valence-electron chi connectivity index (χ0n) is 12.5. The maximum Gasteiger partial charge on any atom is 0.264 e. The minimum absolute atomic E-state index is 0.0252. The van der Waals surface area contributed by atoms with E-state index < -0.39 is 0 Å². The van der Waals surface area contributed by atoms with Crippen molar-refractivity contribution in [2.24, 2.45) is 0 Å². The van der Waals surface area contributed by atoms with Crippen molar-refractivity contribution in [3.63, 3.8) is 0 Å². The molecule has 118 valence electrons. The summed E-state index contributed by atoms with van der Waals surface area (Å²) in [6.45, 7) is 0.771. The molecule has 3 aromatic heterocycles. The molecule has 0 aliphatic carbocycles.